The number of nitrogens with two attached hydrogens (primary N) is 1. The van der Waals surface area contributed by atoms with E-state index < -0.39 is 0 Å². The Hall–Kier alpha value is -0.860. The van der Waals surface area contributed by atoms with Crippen LogP contribution in [0.2, 0.25) is 0 Å². The van der Waals surface area contributed by atoms with Gasteiger partial charge in [-0.15, -0.1) is 0 Å². The molecule has 0 bridgehead atoms. The second-order valence-corrected chi connectivity index (χ2v) is 6.21. The van der Waals surface area contributed by atoms with E-state index in [9.17, 15) is 0 Å². The molecule has 0 aliphatic rings. The van der Waals surface area contributed by atoms with Crippen LogP contribution in [0.4, 0.5) is 0 Å². The molecule has 0 aliphatic carbocycles. The van der Waals surface area contributed by atoms with Crippen LogP contribution < -0.4 is 11.1 Å². The summed E-state index contributed by atoms with van der Waals surface area (Å²) in [6.45, 7) is 11.7. The zero-order chi connectivity index (χ0) is 13.9. The van der Waals surface area contributed by atoms with E-state index in [1.165, 1.54) is 22.3 Å². The highest BCUT2D eigenvalue weighted by Crippen LogP contribution is 2.31. The maximum absolute atomic E-state index is 5.85. The van der Waals surface area contributed by atoms with E-state index in [1.54, 1.807) is 0 Å². The van der Waals surface area contributed by atoms with Crippen molar-refractivity contribution < 1.29 is 0 Å². The third-order valence-electron chi connectivity index (χ3n) is 3.92. The fourth-order valence-electron chi connectivity index (χ4n) is 2.36. The van der Waals surface area contributed by atoms with Crippen LogP contribution >= 0.6 is 0 Å². The molecule has 2 nitrogen and oxygen atoms in total. The van der Waals surface area contributed by atoms with Crippen molar-refractivity contribution in [3.63, 3.8) is 0 Å². The second kappa shape index (κ2) is 5.85. The number of hydrogen-bond donors (Lipinski definition) is 2. The molecule has 102 valence electrons. The van der Waals surface area contributed by atoms with Crippen LogP contribution in [0.5, 0.6) is 0 Å². The Balaban J connectivity index is 3.06. The first-order valence-electron chi connectivity index (χ1n) is 6.76. The molecule has 0 saturated heterocycles. The van der Waals surface area contributed by atoms with E-state index in [2.05, 4.69) is 52.1 Å². The van der Waals surface area contributed by atoms with Crippen molar-refractivity contribution in [2.24, 2.45) is 11.1 Å². The van der Waals surface area contributed by atoms with E-state index in [0.717, 1.165) is 13.0 Å². The van der Waals surface area contributed by atoms with Crippen molar-refractivity contribution >= 4 is 0 Å². The Morgan fingerprint density at radius 1 is 1.11 bits per heavy atom. The molecule has 2 heteroatoms. The Labute approximate surface area is 112 Å². The Bertz CT molecular complexity index is 408. The van der Waals surface area contributed by atoms with Crippen molar-refractivity contribution in [1.29, 1.82) is 0 Å². The molecule has 18 heavy (non-hydrogen) atoms. The Kier molecular flexibility index (Phi) is 4.94. The molecule has 0 fully saturated rings. The molecule has 3 N–H and O–H groups in total. The predicted molar refractivity (Wildman–Crippen MR) is 79.9 cm³/mol. The summed E-state index contributed by atoms with van der Waals surface area (Å²) in [7, 11) is 2.03. The van der Waals surface area contributed by atoms with Gasteiger partial charge in [0.25, 0.3) is 0 Å². The van der Waals surface area contributed by atoms with Gasteiger partial charge in [-0.1, -0.05) is 26.0 Å². The molecule has 0 saturated carbocycles. The molecule has 1 aromatic carbocycles. The average molecular weight is 248 g/mol. The zero-order valence-electron chi connectivity index (χ0n) is 12.7. The van der Waals surface area contributed by atoms with Gasteiger partial charge in [0.15, 0.2) is 0 Å². The van der Waals surface area contributed by atoms with Crippen LogP contribution in [0.3, 0.4) is 0 Å². The summed E-state index contributed by atoms with van der Waals surface area (Å²) in [5.74, 6) is 0. The van der Waals surface area contributed by atoms with Crippen molar-refractivity contribution in [2.45, 2.75) is 47.1 Å². The highest BCUT2D eigenvalue weighted by Gasteiger charge is 2.23. The van der Waals surface area contributed by atoms with E-state index >= 15 is 0 Å². The lowest BCUT2D eigenvalue weighted by molar-refractivity contribution is 0.298. The third-order valence-corrected chi connectivity index (χ3v) is 3.92. The fraction of sp³-hybridized carbons (Fsp3) is 0.625. The molecular weight excluding hydrogens is 220 g/mol. The standard InChI is InChI=1S/C16H28N2/c1-11-7-13(3)14(8-12(11)2)15(18-6)9-16(4,5)10-17/h7-8,15,18H,9-10,17H2,1-6H3. The molecule has 0 radical (unpaired) electrons. The molecule has 1 unspecified atom stereocenters. The van der Waals surface area contributed by atoms with E-state index in [4.69, 9.17) is 5.73 Å². The van der Waals surface area contributed by atoms with Gasteiger partial charge in [0.05, 0.1) is 0 Å². The minimum atomic E-state index is 0.166. The number of rotatable bonds is 5. The third kappa shape index (κ3) is 3.56. The highest BCUT2D eigenvalue weighted by atomic mass is 14.9. The predicted octanol–water partition coefficient (Wildman–Crippen LogP) is 3.25. The van der Waals surface area contributed by atoms with Gasteiger partial charge in [-0.3, -0.25) is 0 Å². The van der Waals surface area contributed by atoms with Gasteiger partial charge >= 0.3 is 0 Å². The molecule has 0 aromatic heterocycles. The lowest BCUT2D eigenvalue weighted by Crippen LogP contribution is -2.30. The summed E-state index contributed by atoms with van der Waals surface area (Å²) in [6, 6.07) is 4.98. The van der Waals surface area contributed by atoms with Crippen LogP contribution in [-0.2, 0) is 0 Å². The first-order chi connectivity index (χ1) is 8.30. The van der Waals surface area contributed by atoms with Crippen LogP contribution in [0.1, 0.15) is 48.6 Å². The van der Waals surface area contributed by atoms with E-state index in [0.29, 0.717) is 6.04 Å². The van der Waals surface area contributed by atoms with E-state index in [-0.39, 0.29) is 5.41 Å². The first-order valence-corrected chi connectivity index (χ1v) is 6.76. The minimum absolute atomic E-state index is 0.166. The Morgan fingerprint density at radius 3 is 2.17 bits per heavy atom. The smallest absolute Gasteiger partial charge is 0.0325 e. The maximum Gasteiger partial charge on any atom is 0.0325 e. The SMILES string of the molecule is CNC(CC(C)(C)CN)c1cc(C)c(C)cc1C. The van der Waals surface area contributed by atoms with Gasteiger partial charge in [-0.25, -0.2) is 0 Å². The van der Waals surface area contributed by atoms with Crippen LogP contribution in [0.15, 0.2) is 12.1 Å². The summed E-state index contributed by atoms with van der Waals surface area (Å²) < 4.78 is 0. The average Bonchev–Trinajstić information content (AvgIpc) is 2.31. The van der Waals surface area contributed by atoms with Gasteiger partial charge in [0, 0.05) is 6.04 Å². The molecule has 1 aromatic rings. The largest absolute Gasteiger partial charge is 0.330 e. The molecular formula is C16H28N2. The monoisotopic (exact) mass is 248 g/mol. The van der Waals surface area contributed by atoms with Gasteiger partial charge < -0.3 is 11.1 Å². The summed E-state index contributed by atoms with van der Waals surface area (Å²) >= 11 is 0. The molecule has 0 spiro atoms. The van der Waals surface area contributed by atoms with Crippen molar-refractivity contribution in [1.82, 2.24) is 5.32 Å². The van der Waals surface area contributed by atoms with Gasteiger partial charge in [0.1, 0.15) is 0 Å². The quantitative estimate of drug-likeness (QED) is 0.839. The lowest BCUT2D eigenvalue weighted by atomic mass is 9.82. The summed E-state index contributed by atoms with van der Waals surface area (Å²) in [5, 5.41) is 3.44. The van der Waals surface area contributed by atoms with Crippen molar-refractivity contribution in [3.8, 4) is 0 Å². The lowest BCUT2D eigenvalue weighted by Gasteiger charge is -2.29. The number of hydrogen-bond acceptors (Lipinski definition) is 2. The van der Waals surface area contributed by atoms with Crippen LogP contribution in [-0.4, -0.2) is 13.6 Å². The summed E-state index contributed by atoms with van der Waals surface area (Å²) in [5.41, 5.74) is 11.5. The van der Waals surface area contributed by atoms with Crippen molar-refractivity contribution in [2.75, 3.05) is 13.6 Å². The topological polar surface area (TPSA) is 38.0 Å². The van der Waals surface area contributed by atoms with Crippen LogP contribution in [0.25, 0.3) is 0 Å². The second-order valence-electron chi connectivity index (χ2n) is 6.21. The summed E-state index contributed by atoms with van der Waals surface area (Å²) in [4.78, 5) is 0. The number of aryl methyl sites for hydroxylation is 3. The van der Waals surface area contributed by atoms with Gasteiger partial charge in [0.2, 0.25) is 0 Å². The summed E-state index contributed by atoms with van der Waals surface area (Å²) in [6.07, 6.45) is 1.06. The zero-order valence-corrected chi connectivity index (χ0v) is 12.7. The normalized spacial score (nSPS) is 13.7. The number of nitrogens with one attached hydrogen (secondary N) is 1. The highest BCUT2D eigenvalue weighted by molar-refractivity contribution is 5.38. The molecule has 1 rings (SSSR count). The molecule has 0 amide bonds. The molecule has 0 aliphatic heterocycles. The first kappa shape index (κ1) is 15.2. The number of benzene rings is 1. The van der Waals surface area contributed by atoms with Gasteiger partial charge in [-0.05, 0) is 68.5 Å². The molecule has 0 heterocycles. The van der Waals surface area contributed by atoms with Crippen LogP contribution in [0, 0.1) is 26.2 Å². The van der Waals surface area contributed by atoms with E-state index in [1.807, 2.05) is 7.05 Å². The fourth-order valence-corrected chi connectivity index (χ4v) is 2.36. The minimum Gasteiger partial charge on any atom is -0.330 e. The van der Waals surface area contributed by atoms with Crippen molar-refractivity contribution in [3.05, 3.63) is 34.4 Å². The van der Waals surface area contributed by atoms with Gasteiger partial charge in [-0.2, -0.15) is 0 Å². The maximum atomic E-state index is 5.85. The molecule has 1 atom stereocenters. The Morgan fingerprint density at radius 2 is 1.67 bits per heavy atom.